The molecule has 0 saturated heterocycles. The first kappa shape index (κ1) is 22.1. The van der Waals surface area contributed by atoms with Crippen LogP contribution < -0.4 is 0 Å². The van der Waals surface area contributed by atoms with E-state index >= 15 is 0 Å². The number of hydrogen-bond acceptors (Lipinski definition) is 3. The summed E-state index contributed by atoms with van der Waals surface area (Å²) in [5.41, 5.74) is 0. The van der Waals surface area contributed by atoms with Gasteiger partial charge in [-0.1, -0.05) is 53.7 Å². The molecule has 1 aliphatic rings. The van der Waals surface area contributed by atoms with Gasteiger partial charge in [0.1, 0.15) is 0 Å². The Hall–Kier alpha value is 0.0538. The maximum atomic E-state index is 10.1. The molecule has 0 bridgehead atoms. The third kappa shape index (κ3) is 5.53. The number of rotatable bonds is 5. The van der Waals surface area contributed by atoms with Crippen molar-refractivity contribution in [1.82, 2.24) is 0 Å². The summed E-state index contributed by atoms with van der Waals surface area (Å²) < 4.78 is 13.1. The summed E-state index contributed by atoms with van der Waals surface area (Å²) in [6.45, 7) is 23.4. The Morgan fingerprint density at radius 1 is 0.917 bits per heavy atom. The van der Waals surface area contributed by atoms with Gasteiger partial charge in [-0.25, -0.2) is 0 Å². The highest BCUT2D eigenvalue weighted by Gasteiger charge is 2.43. The van der Waals surface area contributed by atoms with E-state index in [0.29, 0.717) is 13.0 Å². The predicted octanol–water partition coefficient (Wildman–Crippen LogP) is 5.34. The van der Waals surface area contributed by atoms with E-state index in [1.54, 1.807) is 0 Å². The number of aliphatic hydroxyl groups excluding tert-OH is 1. The molecule has 0 aromatic carbocycles. The van der Waals surface area contributed by atoms with Crippen LogP contribution in [0.15, 0.2) is 12.2 Å². The van der Waals surface area contributed by atoms with Gasteiger partial charge in [-0.05, 0) is 36.3 Å². The summed E-state index contributed by atoms with van der Waals surface area (Å²) in [5, 5.41) is 10.5. The molecule has 0 aliphatic heterocycles. The minimum absolute atomic E-state index is 0.0515. The standard InChI is InChI=1S/C19H40O3Si2/c1-18(2,3)23(7,8)21-14-15-11-12-16(20)13-17(15)22-24(9,10)19(4,5)6/h11-12,15-17,20H,13-14H2,1-10H3/t15-,16+,17+/m1/s1. The molecule has 1 rings (SSSR count). The molecule has 0 aromatic heterocycles. The van der Waals surface area contributed by atoms with Crippen LogP contribution in [-0.2, 0) is 8.85 Å². The van der Waals surface area contributed by atoms with Gasteiger partial charge in [0.05, 0.1) is 12.2 Å². The zero-order valence-corrected chi connectivity index (χ0v) is 19.6. The van der Waals surface area contributed by atoms with Crippen LogP contribution in [-0.4, -0.2) is 40.6 Å². The molecule has 0 radical (unpaired) electrons. The quantitative estimate of drug-likeness (QED) is 0.523. The third-order valence-electron chi connectivity index (χ3n) is 6.23. The fraction of sp³-hybridized carbons (Fsp3) is 0.895. The lowest BCUT2D eigenvalue weighted by Crippen LogP contribution is -2.49. The second kappa shape index (κ2) is 7.35. The predicted molar refractivity (Wildman–Crippen MR) is 108 cm³/mol. The maximum absolute atomic E-state index is 10.1. The summed E-state index contributed by atoms with van der Waals surface area (Å²) in [4.78, 5) is 0. The van der Waals surface area contributed by atoms with Crippen LogP contribution in [0.5, 0.6) is 0 Å². The summed E-state index contributed by atoms with van der Waals surface area (Å²) in [7, 11) is -3.64. The van der Waals surface area contributed by atoms with Crippen LogP contribution in [0.2, 0.25) is 36.3 Å². The molecule has 0 spiro atoms. The molecule has 3 nitrogen and oxygen atoms in total. The normalized spacial score (nSPS) is 26.7. The SMILES string of the molecule is CC(C)(C)[Si](C)(C)OC[C@H]1C=C[C@H](O)C[C@@H]1O[Si](C)(C)C(C)(C)C. The van der Waals surface area contributed by atoms with Crippen LogP contribution in [0.25, 0.3) is 0 Å². The smallest absolute Gasteiger partial charge is 0.192 e. The summed E-state index contributed by atoms with van der Waals surface area (Å²) in [6.07, 6.45) is 4.35. The minimum Gasteiger partial charge on any atom is -0.416 e. The van der Waals surface area contributed by atoms with Gasteiger partial charge in [0.15, 0.2) is 16.6 Å². The highest BCUT2D eigenvalue weighted by molar-refractivity contribution is 6.74. The van der Waals surface area contributed by atoms with E-state index in [1.165, 1.54) is 0 Å². The highest BCUT2D eigenvalue weighted by atomic mass is 28.4. The van der Waals surface area contributed by atoms with E-state index < -0.39 is 22.7 Å². The van der Waals surface area contributed by atoms with Crippen LogP contribution in [0.3, 0.4) is 0 Å². The van der Waals surface area contributed by atoms with Gasteiger partial charge in [0.25, 0.3) is 0 Å². The fourth-order valence-electron chi connectivity index (χ4n) is 2.26. The average Bonchev–Trinajstić information content (AvgIpc) is 2.34. The van der Waals surface area contributed by atoms with Crippen LogP contribution in [0.1, 0.15) is 48.0 Å². The van der Waals surface area contributed by atoms with Gasteiger partial charge < -0.3 is 14.0 Å². The lowest BCUT2D eigenvalue weighted by atomic mass is 9.92. The van der Waals surface area contributed by atoms with E-state index in [1.807, 2.05) is 6.08 Å². The van der Waals surface area contributed by atoms with Crippen LogP contribution >= 0.6 is 0 Å². The average molecular weight is 373 g/mol. The minimum atomic E-state index is -1.86. The monoisotopic (exact) mass is 372 g/mol. The van der Waals surface area contributed by atoms with Crippen molar-refractivity contribution in [2.75, 3.05) is 6.61 Å². The molecule has 24 heavy (non-hydrogen) atoms. The lowest BCUT2D eigenvalue weighted by Gasteiger charge is -2.43. The zero-order chi connectivity index (χ0) is 19.0. The van der Waals surface area contributed by atoms with Crippen LogP contribution in [0.4, 0.5) is 0 Å². The fourth-order valence-corrected chi connectivity index (χ4v) is 4.68. The first-order valence-electron chi connectivity index (χ1n) is 9.25. The van der Waals surface area contributed by atoms with Crippen molar-refractivity contribution in [3.8, 4) is 0 Å². The first-order chi connectivity index (χ1) is 10.6. The maximum Gasteiger partial charge on any atom is 0.192 e. The molecule has 1 aliphatic carbocycles. The van der Waals surface area contributed by atoms with Crippen LogP contribution in [0, 0.1) is 5.92 Å². The molecule has 0 saturated carbocycles. The van der Waals surface area contributed by atoms with E-state index in [0.717, 1.165) is 0 Å². The van der Waals surface area contributed by atoms with Crippen molar-refractivity contribution < 1.29 is 14.0 Å². The van der Waals surface area contributed by atoms with Crippen molar-refractivity contribution in [2.45, 2.75) is 96.4 Å². The Morgan fingerprint density at radius 3 is 1.88 bits per heavy atom. The number of hydrogen-bond donors (Lipinski definition) is 1. The summed E-state index contributed by atoms with van der Waals surface area (Å²) in [5.74, 6) is 0.233. The van der Waals surface area contributed by atoms with Crippen molar-refractivity contribution in [3.05, 3.63) is 12.2 Å². The van der Waals surface area contributed by atoms with E-state index in [4.69, 9.17) is 8.85 Å². The Kier molecular flexibility index (Phi) is 6.77. The van der Waals surface area contributed by atoms with E-state index in [-0.39, 0.29) is 22.1 Å². The van der Waals surface area contributed by atoms with Crippen molar-refractivity contribution >= 4 is 16.6 Å². The van der Waals surface area contributed by atoms with Gasteiger partial charge in [-0.3, -0.25) is 0 Å². The van der Waals surface area contributed by atoms with E-state index in [2.05, 4.69) is 73.8 Å². The highest BCUT2D eigenvalue weighted by Crippen LogP contribution is 2.40. The molecule has 1 N–H and O–H groups in total. The van der Waals surface area contributed by atoms with Gasteiger partial charge >= 0.3 is 0 Å². The molecule has 0 heterocycles. The molecular weight excluding hydrogens is 332 g/mol. The summed E-state index contributed by atoms with van der Waals surface area (Å²) in [6, 6.07) is 0. The molecule has 0 aromatic rings. The van der Waals surface area contributed by atoms with Crippen molar-refractivity contribution in [1.29, 1.82) is 0 Å². The Morgan fingerprint density at radius 2 is 1.42 bits per heavy atom. The molecule has 0 amide bonds. The molecule has 0 fully saturated rings. The Bertz CT molecular complexity index is 445. The molecule has 5 heteroatoms. The van der Waals surface area contributed by atoms with Gasteiger partial charge in [0.2, 0.25) is 0 Å². The molecule has 0 unspecified atom stereocenters. The molecule has 142 valence electrons. The third-order valence-corrected chi connectivity index (χ3v) is 15.2. The molecular formula is C19H40O3Si2. The second-order valence-corrected chi connectivity index (χ2v) is 19.9. The van der Waals surface area contributed by atoms with Gasteiger partial charge in [-0.15, -0.1) is 0 Å². The molecule has 3 atom stereocenters. The second-order valence-electron chi connectivity index (χ2n) is 10.3. The number of aliphatic hydroxyl groups is 1. The van der Waals surface area contributed by atoms with Crippen molar-refractivity contribution in [3.63, 3.8) is 0 Å². The topological polar surface area (TPSA) is 38.7 Å². The first-order valence-corrected chi connectivity index (χ1v) is 15.1. The van der Waals surface area contributed by atoms with Gasteiger partial charge in [0, 0.05) is 18.9 Å². The largest absolute Gasteiger partial charge is 0.416 e. The van der Waals surface area contributed by atoms with E-state index in [9.17, 15) is 5.11 Å². The zero-order valence-electron chi connectivity index (χ0n) is 17.6. The Balaban J connectivity index is 2.85. The van der Waals surface area contributed by atoms with Crippen molar-refractivity contribution in [2.24, 2.45) is 5.92 Å². The van der Waals surface area contributed by atoms with Gasteiger partial charge in [-0.2, -0.15) is 0 Å². The lowest BCUT2D eigenvalue weighted by molar-refractivity contribution is 0.0519. The summed E-state index contributed by atoms with van der Waals surface area (Å²) >= 11 is 0. The Labute approximate surface area is 152 Å².